The molecule has 1 fully saturated rings. The molecule has 0 bridgehead atoms. The first-order valence-corrected chi connectivity index (χ1v) is 13.0. The van der Waals surface area contributed by atoms with Crippen molar-refractivity contribution in [2.45, 2.75) is 26.6 Å². The van der Waals surface area contributed by atoms with Gasteiger partial charge in [0.2, 0.25) is 0 Å². The number of aliphatic carboxylic acids is 2. The van der Waals surface area contributed by atoms with Crippen LogP contribution >= 0.6 is 0 Å². The Morgan fingerprint density at radius 2 is 1.41 bits per heavy atom. The summed E-state index contributed by atoms with van der Waals surface area (Å²) in [5.41, 5.74) is 5.24. The van der Waals surface area contributed by atoms with E-state index in [2.05, 4.69) is 69.8 Å². The van der Waals surface area contributed by atoms with Crippen molar-refractivity contribution in [3.8, 4) is 11.5 Å². The van der Waals surface area contributed by atoms with Gasteiger partial charge in [-0.15, -0.1) is 0 Å². The molecule has 1 aliphatic heterocycles. The fraction of sp³-hybridized carbons (Fsp3) is 0.333. The first-order valence-electron chi connectivity index (χ1n) is 13.0. The van der Waals surface area contributed by atoms with Crippen LogP contribution in [0.15, 0.2) is 60.7 Å². The molecule has 2 N–H and O–H groups in total. The summed E-state index contributed by atoms with van der Waals surface area (Å²) in [7, 11) is 3.44. The maximum atomic E-state index is 9.10. The molecule has 206 valence electrons. The van der Waals surface area contributed by atoms with Crippen LogP contribution in [-0.4, -0.2) is 76.9 Å². The lowest BCUT2D eigenvalue weighted by molar-refractivity contribution is -0.159. The molecule has 0 amide bonds. The predicted molar refractivity (Wildman–Crippen MR) is 150 cm³/mol. The minimum Gasteiger partial charge on any atom is -0.497 e. The van der Waals surface area contributed by atoms with E-state index in [1.165, 1.54) is 32.9 Å². The third-order valence-electron chi connectivity index (χ3n) is 7.09. The minimum absolute atomic E-state index is 0.879. The maximum absolute atomic E-state index is 9.10. The number of carboxylic acid groups (broad SMARTS) is 2. The van der Waals surface area contributed by atoms with E-state index in [9.17, 15) is 0 Å². The molecule has 0 saturated carbocycles. The van der Waals surface area contributed by atoms with Gasteiger partial charge in [0.1, 0.15) is 11.5 Å². The van der Waals surface area contributed by atoms with Gasteiger partial charge in [0, 0.05) is 73.2 Å². The third kappa shape index (κ3) is 6.50. The van der Waals surface area contributed by atoms with Crippen LogP contribution in [0.4, 0.5) is 0 Å². The topological polar surface area (TPSA) is 104 Å². The molecule has 0 radical (unpaired) electrons. The van der Waals surface area contributed by atoms with Gasteiger partial charge in [0.25, 0.3) is 0 Å². The number of methoxy groups -OCH3 is 2. The average molecular weight is 534 g/mol. The number of para-hydroxylation sites is 1. The number of ether oxygens (including phenoxy) is 2. The molecule has 3 aromatic carbocycles. The molecule has 1 saturated heterocycles. The molecule has 39 heavy (non-hydrogen) atoms. The van der Waals surface area contributed by atoms with Crippen LogP contribution in [-0.2, 0) is 29.2 Å². The predicted octanol–water partition coefficient (Wildman–Crippen LogP) is 4.31. The second-order valence-electron chi connectivity index (χ2n) is 9.45. The Bertz CT molecular complexity index is 1440. The summed E-state index contributed by atoms with van der Waals surface area (Å²) >= 11 is 0. The highest BCUT2D eigenvalue weighted by Gasteiger charge is 2.19. The van der Waals surface area contributed by atoms with E-state index in [0.717, 1.165) is 57.3 Å². The van der Waals surface area contributed by atoms with E-state index in [1.54, 1.807) is 14.2 Å². The van der Waals surface area contributed by atoms with E-state index in [4.69, 9.17) is 29.3 Å². The molecular weight excluding hydrogens is 498 g/mol. The first-order chi connectivity index (χ1) is 18.8. The molecule has 1 aromatic heterocycles. The van der Waals surface area contributed by atoms with E-state index >= 15 is 0 Å². The molecule has 0 aliphatic carbocycles. The number of piperazine rings is 1. The highest BCUT2D eigenvalue weighted by molar-refractivity contribution is 6.27. The molecule has 9 heteroatoms. The largest absolute Gasteiger partial charge is 0.497 e. The highest BCUT2D eigenvalue weighted by atomic mass is 16.5. The Morgan fingerprint density at radius 1 is 0.769 bits per heavy atom. The Balaban J connectivity index is 0.000000531. The second-order valence-corrected chi connectivity index (χ2v) is 9.45. The zero-order valence-corrected chi connectivity index (χ0v) is 22.6. The standard InChI is InChI=1S/C28H33N3O2.C2H2O4/c1-4-31-26-8-6-5-7-24(26)25-17-21(9-11-27(25)31)19-29-13-15-30(16-14-29)20-22-18-23(32-2)10-12-28(22)33-3;3-1(4)2(5)6/h5-12,17-18H,4,13-16,19-20H2,1-3H3;(H,3,4)(H,5,6). The van der Waals surface area contributed by atoms with Crippen LogP contribution < -0.4 is 9.47 Å². The van der Waals surface area contributed by atoms with Gasteiger partial charge in [-0.1, -0.05) is 24.3 Å². The van der Waals surface area contributed by atoms with Crippen molar-refractivity contribution < 1.29 is 29.3 Å². The summed E-state index contributed by atoms with van der Waals surface area (Å²) in [5.74, 6) is -1.84. The number of hydrogen-bond donors (Lipinski definition) is 2. The van der Waals surface area contributed by atoms with E-state index in [1.807, 2.05) is 12.1 Å². The molecule has 4 aromatic rings. The number of hydrogen-bond acceptors (Lipinski definition) is 6. The quantitative estimate of drug-likeness (QED) is 0.339. The fourth-order valence-electron chi connectivity index (χ4n) is 5.15. The smallest absolute Gasteiger partial charge is 0.414 e. The number of benzene rings is 3. The number of rotatable bonds is 7. The maximum Gasteiger partial charge on any atom is 0.414 e. The van der Waals surface area contributed by atoms with Gasteiger partial charge in [-0.25, -0.2) is 9.59 Å². The lowest BCUT2D eigenvalue weighted by Crippen LogP contribution is -2.45. The molecule has 2 heterocycles. The van der Waals surface area contributed by atoms with Gasteiger partial charge < -0.3 is 24.3 Å². The van der Waals surface area contributed by atoms with E-state index in [-0.39, 0.29) is 0 Å². The van der Waals surface area contributed by atoms with Crippen molar-refractivity contribution in [1.29, 1.82) is 0 Å². The van der Waals surface area contributed by atoms with Crippen LogP contribution in [0, 0.1) is 0 Å². The summed E-state index contributed by atoms with van der Waals surface area (Å²) < 4.78 is 13.4. The third-order valence-corrected chi connectivity index (χ3v) is 7.09. The number of carboxylic acids is 2. The van der Waals surface area contributed by atoms with Gasteiger partial charge in [-0.05, 0) is 48.9 Å². The zero-order chi connectivity index (χ0) is 27.9. The van der Waals surface area contributed by atoms with Gasteiger partial charge in [-0.3, -0.25) is 9.80 Å². The number of nitrogens with zero attached hydrogens (tertiary/aromatic N) is 3. The Morgan fingerprint density at radius 3 is 2.03 bits per heavy atom. The molecule has 0 atom stereocenters. The van der Waals surface area contributed by atoms with Crippen LogP contribution in [0.5, 0.6) is 11.5 Å². The Kier molecular flexibility index (Phi) is 9.06. The highest BCUT2D eigenvalue weighted by Crippen LogP contribution is 2.30. The normalized spacial score (nSPS) is 14.1. The van der Waals surface area contributed by atoms with Gasteiger partial charge in [-0.2, -0.15) is 0 Å². The van der Waals surface area contributed by atoms with Crippen molar-refractivity contribution in [2.75, 3.05) is 40.4 Å². The Labute approximate surface area is 227 Å². The number of carbonyl (C=O) groups is 2. The summed E-state index contributed by atoms with van der Waals surface area (Å²) in [6.07, 6.45) is 0. The molecule has 1 aliphatic rings. The Hall–Kier alpha value is -4.08. The van der Waals surface area contributed by atoms with Gasteiger partial charge >= 0.3 is 11.9 Å². The van der Waals surface area contributed by atoms with Crippen molar-refractivity contribution >= 4 is 33.7 Å². The van der Waals surface area contributed by atoms with Crippen molar-refractivity contribution in [3.05, 3.63) is 71.8 Å². The summed E-state index contributed by atoms with van der Waals surface area (Å²) in [4.78, 5) is 23.3. The molecule has 5 rings (SSSR count). The van der Waals surface area contributed by atoms with E-state index < -0.39 is 11.9 Å². The monoisotopic (exact) mass is 533 g/mol. The lowest BCUT2D eigenvalue weighted by Gasteiger charge is -2.35. The van der Waals surface area contributed by atoms with Crippen molar-refractivity contribution in [3.63, 3.8) is 0 Å². The second kappa shape index (κ2) is 12.6. The number of aryl methyl sites for hydroxylation is 1. The van der Waals surface area contributed by atoms with Crippen molar-refractivity contribution in [1.82, 2.24) is 14.4 Å². The number of aromatic nitrogens is 1. The number of fused-ring (bicyclic) bond motifs is 3. The van der Waals surface area contributed by atoms with Crippen molar-refractivity contribution in [2.24, 2.45) is 0 Å². The zero-order valence-electron chi connectivity index (χ0n) is 22.6. The summed E-state index contributed by atoms with van der Waals surface area (Å²) in [5, 5.41) is 17.5. The minimum atomic E-state index is -1.82. The average Bonchev–Trinajstić information content (AvgIpc) is 3.27. The molecule has 0 unspecified atom stereocenters. The van der Waals surface area contributed by atoms with E-state index in [0.29, 0.717) is 0 Å². The van der Waals surface area contributed by atoms with Crippen LogP contribution in [0.2, 0.25) is 0 Å². The first kappa shape index (κ1) is 27.9. The summed E-state index contributed by atoms with van der Waals surface area (Å²) in [6.45, 7) is 9.34. The van der Waals surface area contributed by atoms with Gasteiger partial charge in [0.05, 0.1) is 14.2 Å². The molecule has 0 spiro atoms. The van der Waals surface area contributed by atoms with Gasteiger partial charge in [0.15, 0.2) is 0 Å². The van der Waals surface area contributed by atoms with Crippen LogP contribution in [0.25, 0.3) is 21.8 Å². The van der Waals surface area contributed by atoms with Crippen LogP contribution in [0.3, 0.4) is 0 Å². The lowest BCUT2D eigenvalue weighted by atomic mass is 10.1. The summed E-state index contributed by atoms with van der Waals surface area (Å²) in [6, 6.07) is 21.8. The molecular formula is C30H35N3O6. The van der Waals surface area contributed by atoms with Crippen LogP contribution in [0.1, 0.15) is 18.1 Å². The fourth-order valence-corrected chi connectivity index (χ4v) is 5.15. The SMILES string of the molecule is CCn1c2ccccc2c2cc(CN3CCN(Cc4cc(OC)ccc4OC)CC3)ccc21.O=C(O)C(=O)O. The molecule has 9 nitrogen and oxygen atoms in total.